The predicted octanol–water partition coefficient (Wildman–Crippen LogP) is 5.59. The number of nitrogens with zero attached hydrogens (tertiary/aromatic N) is 2. The summed E-state index contributed by atoms with van der Waals surface area (Å²) in [5.74, 6) is 1.35. The van der Waals surface area contributed by atoms with Gasteiger partial charge in [-0.25, -0.2) is 4.98 Å². The number of ether oxygens (including phenoxy) is 3. The van der Waals surface area contributed by atoms with Crippen molar-refractivity contribution in [3.05, 3.63) is 92.8 Å². The Morgan fingerprint density at radius 2 is 1.64 bits per heavy atom. The molecule has 0 aliphatic carbocycles. The summed E-state index contributed by atoms with van der Waals surface area (Å²) in [6.45, 7) is 0. The molecule has 184 valence electrons. The molecule has 1 amide bonds. The summed E-state index contributed by atoms with van der Waals surface area (Å²) in [6, 6.07) is 18.8. The van der Waals surface area contributed by atoms with Gasteiger partial charge in [-0.15, -0.1) is 11.3 Å². The Morgan fingerprint density at radius 3 is 2.25 bits per heavy atom. The van der Waals surface area contributed by atoms with Crippen LogP contribution in [0.1, 0.15) is 20.8 Å². The van der Waals surface area contributed by atoms with Gasteiger partial charge in [-0.2, -0.15) is 0 Å². The molecule has 0 aliphatic heterocycles. The van der Waals surface area contributed by atoms with E-state index in [-0.39, 0.29) is 11.6 Å². The molecule has 10 heteroatoms. The molecule has 4 aromatic rings. The van der Waals surface area contributed by atoms with Crippen molar-refractivity contribution in [1.29, 1.82) is 0 Å². The van der Waals surface area contributed by atoms with E-state index in [1.165, 1.54) is 37.7 Å². The van der Waals surface area contributed by atoms with Crippen LogP contribution in [0, 0.1) is 10.1 Å². The number of nitro benzene ring substituents is 1. The molecule has 9 nitrogen and oxygen atoms in total. The molecule has 1 heterocycles. The minimum Gasteiger partial charge on any atom is -0.497 e. The number of hydrogen-bond acceptors (Lipinski definition) is 8. The average molecular weight is 506 g/mol. The minimum absolute atomic E-state index is 0.0290. The van der Waals surface area contributed by atoms with Crippen LogP contribution < -0.4 is 19.5 Å². The van der Waals surface area contributed by atoms with Crippen molar-refractivity contribution in [3.63, 3.8) is 0 Å². The summed E-state index contributed by atoms with van der Waals surface area (Å²) in [6.07, 6.45) is 0.489. The van der Waals surface area contributed by atoms with Gasteiger partial charge in [0.1, 0.15) is 5.75 Å². The van der Waals surface area contributed by atoms with E-state index in [1.54, 1.807) is 37.4 Å². The van der Waals surface area contributed by atoms with Crippen molar-refractivity contribution in [1.82, 2.24) is 4.98 Å². The zero-order valence-corrected chi connectivity index (χ0v) is 20.6. The van der Waals surface area contributed by atoms with Crippen molar-refractivity contribution in [2.45, 2.75) is 6.42 Å². The van der Waals surface area contributed by atoms with Crippen LogP contribution >= 0.6 is 11.3 Å². The summed E-state index contributed by atoms with van der Waals surface area (Å²) in [4.78, 5) is 29.1. The third-order valence-electron chi connectivity index (χ3n) is 5.44. The second-order valence-electron chi connectivity index (χ2n) is 7.64. The van der Waals surface area contributed by atoms with Gasteiger partial charge in [0.05, 0.1) is 31.9 Å². The number of carbonyl (C=O) groups excluding carboxylic acids is 1. The Hall–Kier alpha value is -4.44. The number of carbonyl (C=O) groups is 1. The van der Waals surface area contributed by atoms with Gasteiger partial charge in [-0.1, -0.05) is 12.1 Å². The maximum Gasteiger partial charge on any atom is 0.269 e. The number of amides is 1. The summed E-state index contributed by atoms with van der Waals surface area (Å²) < 4.78 is 15.8. The highest BCUT2D eigenvalue weighted by molar-refractivity contribution is 7.16. The molecule has 0 spiro atoms. The first-order valence-corrected chi connectivity index (χ1v) is 11.6. The number of benzene rings is 3. The molecule has 0 aliphatic rings. The summed E-state index contributed by atoms with van der Waals surface area (Å²) in [7, 11) is 4.63. The quantitative estimate of drug-likeness (QED) is 0.233. The molecule has 0 fully saturated rings. The number of nitrogens with one attached hydrogen (secondary N) is 1. The van der Waals surface area contributed by atoms with E-state index < -0.39 is 4.92 Å². The van der Waals surface area contributed by atoms with Crippen molar-refractivity contribution >= 4 is 28.1 Å². The molecule has 3 aromatic carbocycles. The van der Waals surface area contributed by atoms with Crippen LogP contribution in [0.25, 0.3) is 11.3 Å². The first kappa shape index (κ1) is 24.7. The largest absolute Gasteiger partial charge is 0.497 e. The van der Waals surface area contributed by atoms with Crippen LogP contribution in [0.15, 0.2) is 66.7 Å². The second-order valence-corrected chi connectivity index (χ2v) is 8.73. The molecule has 1 aromatic heterocycles. The molecule has 4 rings (SSSR count). The normalized spacial score (nSPS) is 10.5. The fourth-order valence-corrected chi connectivity index (χ4v) is 4.58. The lowest BCUT2D eigenvalue weighted by Gasteiger charge is -2.09. The Kier molecular flexibility index (Phi) is 7.45. The van der Waals surface area contributed by atoms with E-state index >= 15 is 0 Å². The zero-order valence-electron chi connectivity index (χ0n) is 19.8. The van der Waals surface area contributed by atoms with Crippen LogP contribution in [0.4, 0.5) is 10.8 Å². The monoisotopic (exact) mass is 505 g/mol. The van der Waals surface area contributed by atoms with Gasteiger partial charge < -0.3 is 14.2 Å². The third kappa shape index (κ3) is 5.44. The molecular weight excluding hydrogens is 482 g/mol. The molecule has 0 radical (unpaired) electrons. The van der Waals surface area contributed by atoms with E-state index in [0.29, 0.717) is 40.1 Å². The van der Waals surface area contributed by atoms with Gasteiger partial charge in [0.15, 0.2) is 16.6 Å². The number of thiazole rings is 1. The number of anilines is 1. The summed E-state index contributed by atoms with van der Waals surface area (Å²) in [5, 5.41) is 14.3. The van der Waals surface area contributed by atoms with Crippen LogP contribution in [0.3, 0.4) is 0 Å². The number of rotatable bonds is 9. The molecule has 0 bridgehead atoms. The number of hydrogen-bond donors (Lipinski definition) is 1. The van der Waals surface area contributed by atoms with Crippen molar-refractivity contribution in [2.75, 3.05) is 26.6 Å². The highest BCUT2D eigenvalue weighted by Crippen LogP contribution is 2.35. The fraction of sp³-hybridized carbons (Fsp3) is 0.154. The standard InChI is InChI=1S/C26H23N3O6S/c1-33-20-11-6-17(7-12-20)24-23(14-16-4-9-19(10-5-16)29(31)32)36-26(27-24)28-25(30)18-8-13-21(34-2)22(15-18)35-3/h4-13,15H,14H2,1-3H3,(H,27,28,30). The lowest BCUT2D eigenvalue weighted by atomic mass is 10.1. The number of non-ortho nitro benzene ring substituents is 1. The van der Waals surface area contributed by atoms with E-state index in [4.69, 9.17) is 19.2 Å². The Bertz CT molecular complexity index is 1380. The van der Waals surface area contributed by atoms with E-state index in [1.807, 2.05) is 24.3 Å². The van der Waals surface area contributed by atoms with Gasteiger partial charge in [-0.3, -0.25) is 20.2 Å². The topological polar surface area (TPSA) is 113 Å². The molecule has 0 unspecified atom stereocenters. The number of aromatic nitrogens is 1. The summed E-state index contributed by atoms with van der Waals surface area (Å²) in [5.41, 5.74) is 2.88. The lowest BCUT2D eigenvalue weighted by Crippen LogP contribution is -2.12. The van der Waals surface area contributed by atoms with Crippen molar-refractivity contribution < 1.29 is 23.9 Å². The highest BCUT2D eigenvalue weighted by atomic mass is 32.1. The molecule has 1 N–H and O–H groups in total. The molecule has 0 atom stereocenters. The van der Waals surface area contributed by atoms with Gasteiger partial charge in [0, 0.05) is 34.6 Å². The average Bonchev–Trinajstić information content (AvgIpc) is 3.30. The van der Waals surface area contributed by atoms with Gasteiger partial charge in [0.2, 0.25) is 0 Å². The maximum absolute atomic E-state index is 13.0. The zero-order chi connectivity index (χ0) is 25.7. The van der Waals surface area contributed by atoms with Gasteiger partial charge in [0.25, 0.3) is 11.6 Å². The van der Waals surface area contributed by atoms with Crippen LogP contribution in [0.2, 0.25) is 0 Å². The Labute approximate surface area is 211 Å². The van der Waals surface area contributed by atoms with E-state index in [9.17, 15) is 14.9 Å². The maximum atomic E-state index is 13.0. The van der Waals surface area contributed by atoms with Crippen molar-refractivity contribution in [2.24, 2.45) is 0 Å². The molecular formula is C26H23N3O6S. The van der Waals surface area contributed by atoms with Crippen LogP contribution in [-0.4, -0.2) is 37.1 Å². The first-order chi connectivity index (χ1) is 17.4. The highest BCUT2D eigenvalue weighted by Gasteiger charge is 2.18. The SMILES string of the molecule is COc1ccc(-c2nc(NC(=O)c3ccc(OC)c(OC)c3)sc2Cc2ccc([N+](=O)[O-])cc2)cc1. The lowest BCUT2D eigenvalue weighted by molar-refractivity contribution is -0.384. The second kappa shape index (κ2) is 10.9. The van der Waals surface area contributed by atoms with Gasteiger partial charge in [-0.05, 0) is 48.0 Å². The van der Waals surface area contributed by atoms with Crippen molar-refractivity contribution in [3.8, 4) is 28.5 Å². The molecule has 0 saturated heterocycles. The smallest absolute Gasteiger partial charge is 0.269 e. The van der Waals surface area contributed by atoms with E-state index in [2.05, 4.69) is 5.32 Å². The number of nitro groups is 1. The first-order valence-electron chi connectivity index (χ1n) is 10.8. The van der Waals surface area contributed by atoms with Crippen LogP contribution in [-0.2, 0) is 6.42 Å². The molecule has 36 heavy (non-hydrogen) atoms. The minimum atomic E-state index is -0.430. The van der Waals surface area contributed by atoms with Gasteiger partial charge >= 0.3 is 0 Å². The Morgan fingerprint density at radius 1 is 0.944 bits per heavy atom. The van der Waals surface area contributed by atoms with E-state index in [0.717, 1.165) is 16.0 Å². The fourth-order valence-electron chi connectivity index (χ4n) is 3.57. The number of methoxy groups -OCH3 is 3. The van der Waals surface area contributed by atoms with Crippen LogP contribution in [0.5, 0.6) is 17.2 Å². The third-order valence-corrected chi connectivity index (χ3v) is 6.41. The summed E-state index contributed by atoms with van der Waals surface area (Å²) >= 11 is 1.35. The Balaban J connectivity index is 1.65. The molecule has 0 saturated carbocycles. The predicted molar refractivity (Wildman–Crippen MR) is 138 cm³/mol.